The van der Waals surface area contributed by atoms with Gasteiger partial charge < -0.3 is 10.1 Å². The first-order valence-corrected chi connectivity index (χ1v) is 8.04. The highest BCUT2D eigenvalue weighted by molar-refractivity contribution is 7.10. The summed E-state index contributed by atoms with van der Waals surface area (Å²) in [5.41, 5.74) is 1.04. The van der Waals surface area contributed by atoms with Crippen LogP contribution in [0.25, 0.3) is 0 Å². The molecule has 0 amide bonds. The van der Waals surface area contributed by atoms with Crippen LogP contribution in [0.4, 0.5) is 0 Å². The summed E-state index contributed by atoms with van der Waals surface area (Å²) >= 11 is 7.96. The highest BCUT2D eigenvalue weighted by atomic mass is 35.5. The molecule has 0 bridgehead atoms. The summed E-state index contributed by atoms with van der Waals surface area (Å²) in [5.74, 6) is 0.800. The molecule has 110 valence electrons. The molecule has 2 aromatic rings. The molecule has 0 fully saturated rings. The maximum atomic E-state index is 6.31. The van der Waals surface area contributed by atoms with Crippen LogP contribution >= 0.6 is 22.9 Å². The van der Waals surface area contributed by atoms with Crippen LogP contribution < -0.4 is 10.1 Å². The Kier molecular flexibility index (Phi) is 5.46. The van der Waals surface area contributed by atoms with E-state index in [0.29, 0.717) is 0 Å². The van der Waals surface area contributed by atoms with Gasteiger partial charge in [-0.1, -0.05) is 25.4 Å². The minimum Gasteiger partial charge on any atom is -0.493 e. The van der Waals surface area contributed by atoms with Gasteiger partial charge in [-0.2, -0.15) is 5.10 Å². The Labute approximate surface area is 128 Å². The second-order valence-corrected chi connectivity index (χ2v) is 5.80. The SMILES string of the molecule is CCCn1ncc(OC)c1C(NCC)c1sccc1Cl. The van der Waals surface area contributed by atoms with Crippen molar-refractivity contribution in [3.63, 3.8) is 0 Å². The van der Waals surface area contributed by atoms with Crippen LogP contribution in [0.15, 0.2) is 17.6 Å². The van der Waals surface area contributed by atoms with Crippen molar-refractivity contribution < 1.29 is 4.74 Å². The molecule has 0 saturated heterocycles. The number of aryl methyl sites for hydroxylation is 1. The summed E-state index contributed by atoms with van der Waals surface area (Å²) in [6.45, 7) is 5.93. The first-order valence-electron chi connectivity index (χ1n) is 6.78. The lowest BCUT2D eigenvalue weighted by molar-refractivity contribution is 0.399. The van der Waals surface area contributed by atoms with Crippen LogP contribution in [0, 0.1) is 0 Å². The maximum absolute atomic E-state index is 6.31. The molecule has 0 aliphatic carbocycles. The van der Waals surface area contributed by atoms with Crippen LogP contribution in [-0.4, -0.2) is 23.4 Å². The molecule has 4 nitrogen and oxygen atoms in total. The van der Waals surface area contributed by atoms with Gasteiger partial charge in [0.15, 0.2) is 5.75 Å². The van der Waals surface area contributed by atoms with E-state index in [-0.39, 0.29) is 6.04 Å². The van der Waals surface area contributed by atoms with Gasteiger partial charge in [0.2, 0.25) is 0 Å². The van der Waals surface area contributed by atoms with Crippen molar-refractivity contribution in [2.24, 2.45) is 0 Å². The Hall–Kier alpha value is -1.04. The fourth-order valence-corrected chi connectivity index (χ4v) is 3.49. The minimum absolute atomic E-state index is 0.0106. The molecule has 0 aromatic carbocycles. The quantitative estimate of drug-likeness (QED) is 0.847. The summed E-state index contributed by atoms with van der Waals surface area (Å²) in [4.78, 5) is 1.10. The topological polar surface area (TPSA) is 39.1 Å². The number of aromatic nitrogens is 2. The number of ether oxygens (including phenoxy) is 1. The molecule has 6 heteroatoms. The summed E-state index contributed by atoms with van der Waals surface area (Å²) in [6.07, 6.45) is 2.80. The van der Waals surface area contributed by atoms with Crippen molar-refractivity contribution in [2.75, 3.05) is 13.7 Å². The molecule has 0 saturated carbocycles. The van der Waals surface area contributed by atoms with Crippen molar-refractivity contribution in [1.29, 1.82) is 0 Å². The third kappa shape index (κ3) is 3.00. The van der Waals surface area contributed by atoms with E-state index < -0.39 is 0 Å². The highest BCUT2D eigenvalue weighted by Crippen LogP contribution is 2.36. The number of nitrogens with zero attached hydrogens (tertiary/aromatic N) is 2. The molecular weight excluding hydrogens is 294 g/mol. The van der Waals surface area contributed by atoms with E-state index in [4.69, 9.17) is 16.3 Å². The van der Waals surface area contributed by atoms with Gasteiger partial charge in [0.05, 0.1) is 24.4 Å². The van der Waals surface area contributed by atoms with E-state index >= 15 is 0 Å². The maximum Gasteiger partial charge on any atom is 0.161 e. The van der Waals surface area contributed by atoms with E-state index in [2.05, 4.69) is 24.3 Å². The lowest BCUT2D eigenvalue weighted by atomic mass is 10.1. The average molecular weight is 314 g/mol. The second kappa shape index (κ2) is 7.11. The van der Waals surface area contributed by atoms with Gasteiger partial charge in [-0.15, -0.1) is 11.3 Å². The minimum atomic E-state index is 0.0106. The van der Waals surface area contributed by atoms with E-state index in [1.54, 1.807) is 24.6 Å². The zero-order chi connectivity index (χ0) is 14.5. The fourth-order valence-electron chi connectivity index (χ4n) is 2.25. The Morgan fingerprint density at radius 2 is 2.30 bits per heavy atom. The number of nitrogens with one attached hydrogen (secondary N) is 1. The summed E-state index contributed by atoms with van der Waals surface area (Å²) in [7, 11) is 1.68. The zero-order valence-corrected chi connectivity index (χ0v) is 13.6. The number of rotatable bonds is 7. The van der Waals surface area contributed by atoms with Crippen LogP contribution in [0.5, 0.6) is 5.75 Å². The van der Waals surface area contributed by atoms with Gasteiger partial charge in [-0.25, -0.2) is 0 Å². The van der Waals surface area contributed by atoms with E-state index in [1.165, 1.54) is 0 Å². The number of hydrogen-bond donors (Lipinski definition) is 1. The molecule has 2 rings (SSSR count). The van der Waals surface area contributed by atoms with Gasteiger partial charge in [-0.3, -0.25) is 4.68 Å². The van der Waals surface area contributed by atoms with Crippen LogP contribution in [0.1, 0.15) is 36.9 Å². The van der Waals surface area contributed by atoms with Crippen molar-refractivity contribution in [3.8, 4) is 5.75 Å². The van der Waals surface area contributed by atoms with Crippen molar-refractivity contribution >= 4 is 22.9 Å². The van der Waals surface area contributed by atoms with Gasteiger partial charge in [0.1, 0.15) is 5.69 Å². The van der Waals surface area contributed by atoms with Crippen molar-refractivity contribution in [3.05, 3.63) is 33.2 Å². The molecule has 2 aromatic heterocycles. The molecule has 0 radical (unpaired) electrons. The number of methoxy groups -OCH3 is 1. The molecule has 1 N–H and O–H groups in total. The summed E-state index contributed by atoms with van der Waals surface area (Å²) < 4.78 is 7.48. The lowest BCUT2D eigenvalue weighted by Crippen LogP contribution is -2.25. The standard InChI is InChI=1S/C14H20ClN3OS/c1-4-7-18-13(11(19-3)9-17-18)12(16-5-2)14-10(15)6-8-20-14/h6,8-9,12,16H,4-5,7H2,1-3H3. The molecular formula is C14H20ClN3OS. The Balaban J connectivity index is 2.48. The van der Waals surface area contributed by atoms with Crippen molar-refractivity contribution in [2.45, 2.75) is 32.9 Å². The monoisotopic (exact) mass is 313 g/mol. The normalized spacial score (nSPS) is 12.6. The number of hydrogen-bond acceptors (Lipinski definition) is 4. The van der Waals surface area contributed by atoms with Crippen LogP contribution in [-0.2, 0) is 6.54 Å². The molecule has 2 heterocycles. The van der Waals surface area contributed by atoms with E-state index in [0.717, 1.165) is 40.9 Å². The first-order chi connectivity index (χ1) is 9.72. The molecule has 20 heavy (non-hydrogen) atoms. The highest BCUT2D eigenvalue weighted by Gasteiger charge is 2.25. The van der Waals surface area contributed by atoms with Gasteiger partial charge in [0, 0.05) is 11.4 Å². The molecule has 0 aliphatic rings. The predicted molar refractivity (Wildman–Crippen MR) is 83.9 cm³/mol. The third-order valence-electron chi connectivity index (χ3n) is 3.09. The Morgan fingerprint density at radius 3 is 2.85 bits per heavy atom. The lowest BCUT2D eigenvalue weighted by Gasteiger charge is -2.20. The Bertz CT molecular complexity index is 552. The van der Waals surface area contributed by atoms with E-state index in [9.17, 15) is 0 Å². The average Bonchev–Trinajstić information content (AvgIpc) is 3.03. The van der Waals surface area contributed by atoms with E-state index in [1.807, 2.05) is 16.1 Å². The molecule has 1 unspecified atom stereocenters. The zero-order valence-electron chi connectivity index (χ0n) is 12.0. The van der Waals surface area contributed by atoms with Crippen LogP contribution in [0.2, 0.25) is 5.02 Å². The molecule has 0 aliphatic heterocycles. The number of halogens is 1. The van der Waals surface area contributed by atoms with Gasteiger partial charge in [-0.05, 0) is 24.4 Å². The summed E-state index contributed by atoms with van der Waals surface area (Å²) in [6, 6.07) is 1.94. The summed E-state index contributed by atoms with van der Waals surface area (Å²) in [5, 5.41) is 10.7. The molecule has 1 atom stereocenters. The van der Waals surface area contributed by atoms with Crippen molar-refractivity contribution in [1.82, 2.24) is 15.1 Å². The van der Waals surface area contributed by atoms with Gasteiger partial charge in [0.25, 0.3) is 0 Å². The molecule has 0 spiro atoms. The number of thiophene rings is 1. The third-order valence-corrected chi connectivity index (χ3v) is 4.51. The van der Waals surface area contributed by atoms with Crippen LogP contribution in [0.3, 0.4) is 0 Å². The Morgan fingerprint density at radius 1 is 1.50 bits per heavy atom. The smallest absolute Gasteiger partial charge is 0.161 e. The van der Waals surface area contributed by atoms with Gasteiger partial charge >= 0.3 is 0 Å². The second-order valence-electron chi connectivity index (χ2n) is 4.44. The predicted octanol–water partition coefficient (Wildman–Crippen LogP) is 3.72. The fraction of sp³-hybridized carbons (Fsp3) is 0.500. The first kappa shape index (κ1) is 15.4. The largest absolute Gasteiger partial charge is 0.493 e.